The highest BCUT2D eigenvalue weighted by atomic mass is 15.1. The van der Waals surface area contributed by atoms with Gasteiger partial charge in [-0.05, 0) is 5.57 Å². The molecule has 0 aliphatic rings. The molecule has 0 amide bonds. The molecular formula is C12H13N3. The van der Waals surface area contributed by atoms with Crippen LogP contribution in [0, 0.1) is 0 Å². The largest absolute Gasteiger partial charge is 0.326 e. The minimum Gasteiger partial charge on any atom is -0.326 e. The molecule has 76 valence electrons. The van der Waals surface area contributed by atoms with E-state index in [2.05, 4.69) is 16.8 Å². The second kappa shape index (κ2) is 4.11. The van der Waals surface area contributed by atoms with Crippen molar-refractivity contribution in [2.75, 3.05) is 6.54 Å². The Bertz CT molecular complexity index is 457. The summed E-state index contributed by atoms with van der Waals surface area (Å²) in [5.41, 5.74) is 9.52. The van der Waals surface area contributed by atoms with E-state index in [9.17, 15) is 0 Å². The fourth-order valence-electron chi connectivity index (χ4n) is 1.49. The van der Waals surface area contributed by atoms with Gasteiger partial charge < -0.3 is 5.73 Å². The Balaban J connectivity index is 2.46. The van der Waals surface area contributed by atoms with E-state index in [-0.39, 0.29) is 0 Å². The summed E-state index contributed by atoms with van der Waals surface area (Å²) >= 11 is 0. The second-order valence-electron chi connectivity index (χ2n) is 3.33. The number of benzene rings is 1. The lowest BCUT2D eigenvalue weighted by molar-refractivity contribution is 1.10. The fraction of sp³-hybridized carbons (Fsp3) is 0.0833. The molecule has 0 bridgehead atoms. The van der Waals surface area contributed by atoms with Crippen molar-refractivity contribution in [1.82, 2.24) is 10.2 Å². The SMILES string of the molecule is C=C(CN)c1cn[nH]c1-c1ccccc1. The molecule has 2 rings (SSSR count). The van der Waals surface area contributed by atoms with Crippen LogP contribution in [-0.4, -0.2) is 16.7 Å². The number of aromatic amines is 1. The van der Waals surface area contributed by atoms with Gasteiger partial charge >= 0.3 is 0 Å². The first-order valence-electron chi connectivity index (χ1n) is 4.80. The van der Waals surface area contributed by atoms with Gasteiger partial charge in [0.1, 0.15) is 0 Å². The average Bonchev–Trinajstić information content (AvgIpc) is 2.78. The Morgan fingerprint density at radius 2 is 2.07 bits per heavy atom. The van der Waals surface area contributed by atoms with Gasteiger partial charge in [0, 0.05) is 17.7 Å². The van der Waals surface area contributed by atoms with Gasteiger partial charge in [-0.25, -0.2) is 0 Å². The molecule has 0 aliphatic carbocycles. The summed E-state index contributed by atoms with van der Waals surface area (Å²) < 4.78 is 0. The number of H-pyrrole nitrogens is 1. The molecule has 0 radical (unpaired) electrons. The molecule has 0 spiro atoms. The third-order valence-electron chi connectivity index (χ3n) is 2.33. The normalized spacial score (nSPS) is 10.2. The zero-order valence-electron chi connectivity index (χ0n) is 8.40. The molecule has 1 aromatic heterocycles. The molecule has 1 heterocycles. The van der Waals surface area contributed by atoms with Crippen molar-refractivity contribution in [1.29, 1.82) is 0 Å². The van der Waals surface area contributed by atoms with Crippen molar-refractivity contribution in [2.45, 2.75) is 0 Å². The zero-order valence-corrected chi connectivity index (χ0v) is 8.40. The summed E-state index contributed by atoms with van der Waals surface area (Å²) in [5, 5.41) is 7.00. The highest BCUT2D eigenvalue weighted by molar-refractivity contribution is 5.78. The Morgan fingerprint density at radius 3 is 2.73 bits per heavy atom. The van der Waals surface area contributed by atoms with Crippen LogP contribution in [0.4, 0.5) is 0 Å². The first-order chi connectivity index (χ1) is 7.33. The molecule has 2 aromatic rings. The summed E-state index contributed by atoms with van der Waals surface area (Å²) in [4.78, 5) is 0. The van der Waals surface area contributed by atoms with Gasteiger partial charge in [0.05, 0.1) is 11.9 Å². The Kier molecular flexibility index (Phi) is 2.65. The van der Waals surface area contributed by atoms with E-state index in [1.165, 1.54) is 0 Å². The van der Waals surface area contributed by atoms with E-state index in [0.717, 1.165) is 22.4 Å². The van der Waals surface area contributed by atoms with Crippen LogP contribution in [0.1, 0.15) is 5.56 Å². The van der Waals surface area contributed by atoms with Crippen LogP contribution < -0.4 is 5.73 Å². The van der Waals surface area contributed by atoms with Crippen LogP contribution >= 0.6 is 0 Å². The number of rotatable bonds is 3. The van der Waals surface area contributed by atoms with E-state index >= 15 is 0 Å². The summed E-state index contributed by atoms with van der Waals surface area (Å²) in [6.07, 6.45) is 1.76. The number of hydrogen-bond donors (Lipinski definition) is 2. The van der Waals surface area contributed by atoms with E-state index < -0.39 is 0 Å². The van der Waals surface area contributed by atoms with Crippen molar-refractivity contribution >= 4 is 5.57 Å². The third kappa shape index (κ3) is 1.82. The molecule has 0 saturated carbocycles. The number of aromatic nitrogens is 2. The van der Waals surface area contributed by atoms with Gasteiger partial charge in [0.25, 0.3) is 0 Å². The quantitative estimate of drug-likeness (QED) is 0.794. The molecule has 0 aliphatic heterocycles. The van der Waals surface area contributed by atoms with Crippen molar-refractivity contribution in [3.63, 3.8) is 0 Å². The minimum atomic E-state index is 0.444. The Labute approximate surface area is 88.6 Å². The number of nitrogens with zero attached hydrogens (tertiary/aromatic N) is 1. The van der Waals surface area contributed by atoms with Gasteiger partial charge in [-0.15, -0.1) is 0 Å². The molecule has 0 saturated heterocycles. The maximum atomic E-state index is 5.57. The fourth-order valence-corrected chi connectivity index (χ4v) is 1.49. The number of nitrogens with one attached hydrogen (secondary N) is 1. The van der Waals surface area contributed by atoms with Gasteiger partial charge in [-0.1, -0.05) is 36.9 Å². The topological polar surface area (TPSA) is 54.7 Å². The summed E-state index contributed by atoms with van der Waals surface area (Å²) in [7, 11) is 0. The average molecular weight is 199 g/mol. The van der Waals surface area contributed by atoms with Crippen LogP contribution in [0.2, 0.25) is 0 Å². The van der Waals surface area contributed by atoms with Crippen LogP contribution in [0.15, 0.2) is 43.1 Å². The van der Waals surface area contributed by atoms with E-state index in [0.29, 0.717) is 6.54 Å². The highest BCUT2D eigenvalue weighted by Crippen LogP contribution is 2.24. The predicted octanol–water partition coefficient (Wildman–Crippen LogP) is 2.05. The van der Waals surface area contributed by atoms with Gasteiger partial charge in [0.2, 0.25) is 0 Å². The monoisotopic (exact) mass is 199 g/mol. The molecular weight excluding hydrogens is 186 g/mol. The number of hydrogen-bond acceptors (Lipinski definition) is 2. The molecule has 0 unspecified atom stereocenters. The summed E-state index contributed by atoms with van der Waals surface area (Å²) in [6.45, 7) is 4.36. The lowest BCUT2D eigenvalue weighted by atomic mass is 10.0. The van der Waals surface area contributed by atoms with Crippen molar-refractivity contribution in [2.24, 2.45) is 5.73 Å². The van der Waals surface area contributed by atoms with Crippen LogP contribution in [-0.2, 0) is 0 Å². The second-order valence-corrected chi connectivity index (χ2v) is 3.33. The van der Waals surface area contributed by atoms with Crippen LogP contribution in [0.5, 0.6) is 0 Å². The van der Waals surface area contributed by atoms with Crippen LogP contribution in [0.3, 0.4) is 0 Å². The van der Waals surface area contributed by atoms with Gasteiger partial charge in [-0.2, -0.15) is 5.10 Å². The van der Waals surface area contributed by atoms with Gasteiger partial charge in [-0.3, -0.25) is 5.10 Å². The first-order valence-corrected chi connectivity index (χ1v) is 4.80. The minimum absolute atomic E-state index is 0.444. The van der Waals surface area contributed by atoms with Crippen LogP contribution in [0.25, 0.3) is 16.8 Å². The van der Waals surface area contributed by atoms with E-state index in [1.807, 2.05) is 30.3 Å². The van der Waals surface area contributed by atoms with Gasteiger partial charge in [0.15, 0.2) is 0 Å². The van der Waals surface area contributed by atoms with E-state index in [4.69, 9.17) is 5.73 Å². The lowest BCUT2D eigenvalue weighted by Crippen LogP contribution is -2.01. The van der Waals surface area contributed by atoms with Crippen molar-refractivity contribution < 1.29 is 0 Å². The predicted molar refractivity (Wildman–Crippen MR) is 62.1 cm³/mol. The lowest BCUT2D eigenvalue weighted by Gasteiger charge is -2.03. The highest BCUT2D eigenvalue weighted by Gasteiger charge is 2.08. The van der Waals surface area contributed by atoms with Crippen molar-refractivity contribution in [3.05, 3.63) is 48.7 Å². The third-order valence-corrected chi connectivity index (χ3v) is 2.33. The summed E-state index contributed by atoms with van der Waals surface area (Å²) in [6, 6.07) is 10.0. The molecule has 1 aromatic carbocycles. The Morgan fingerprint density at radius 1 is 1.33 bits per heavy atom. The molecule has 0 fully saturated rings. The molecule has 0 atom stereocenters. The Hall–Kier alpha value is -1.87. The summed E-state index contributed by atoms with van der Waals surface area (Å²) in [5.74, 6) is 0. The standard InChI is InChI=1S/C12H13N3/c1-9(7-13)11-8-14-15-12(11)10-5-3-2-4-6-10/h2-6,8H,1,7,13H2,(H,14,15). The molecule has 3 heteroatoms. The zero-order chi connectivity index (χ0) is 10.7. The molecule has 15 heavy (non-hydrogen) atoms. The maximum absolute atomic E-state index is 5.57. The first kappa shape index (κ1) is 9.68. The maximum Gasteiger partial charge on any atom is 0.0725 e. The molecule has 3 N–H and O–H groups in total. The smallest absolute Gasteiger partial charge is 0.0725 e. The molecule has 3 nitrogen and oxygen atoms in total. The van der Waals surface area contributed by atoms with Crippen molar-refractivity contribution in [3.8, 4) is 11.3 Å². The van der Waals surface area contributed by atoms with E-state index in [1.54, 1.807) is 6.20 Å². The number of nitrogens with two attached hydrogens (primary N) is 1.